The lowest BCUT2D eigenvalue weighted by Crippen LogP contribution is -2.45. The predicted octanol–water partition coefficient (Wildman–Crippen LogP) is 2.57. The molecule has 2 aromatic rings. The lowest BCUT2D eigenvalue weighted by atomic mass is 9.86. The molecule has 1 aliphatic heterocycles. The molecule has 1 aromatic heterocycles. The lowest BCUT2D eigenvalue weighted by Gasteiger charge is -2.36. The standard InChI is InChI=1S/C20H28N4O2/c1-20(25,15-8-10-16(26-3)11-9-15)17-5-4-12-24(17)13-18-21-22-19(23(18)2)14-6-7-14/h8-11,14,17,25H,4-7,12-13H2,1-3H3/t17-,20+/m1/s1. The van der Waals surface area contributed by atoms with Crippen LogP contribution in [0.4, 0.5) is 0 Å². The Kier molecular flexibility index (Phi) is 4.49. The van der Waals surface area contributed by atoms with Crippen LogP contribution in [0.5, 0.6) is 5.75 Å². The first kappa shape index (κ1) is 17.5. The van der Waals surface area contributed by atoms with Gasteiger partial charge in [-0.05, 0) is 56.8 Å². The second kappa shape index (κ2) is 6.67. The first-order valence-electron chi connectivity index (χ1n) is 9.50. The fourth-order valence-corrected chi connectivity index (χ4v) is 4.16. The number of benzene rings is 1. The van der Waals surface area contributed by atoms with Crippen molar-refractivity contribution in [3.8, 4) is 5.75 Å². The third-order valence-corrected chi connectivity index (χ3v) is 5.97. The third-order valence-electron chi connectivity index (χ3n) is 5.97. The van der Waals surface area contributed by atoms with Crippen molar-refractivity contribution in [1.82, 2.24) is 19.7 Å². The van der Waals surface area contributed by atoms with E-state index in [1.165, 1.54) is 12.8 Å². The van der Waals surface area contributed by atoms with Crippen LogP contribution in [0.3, 0.4) is 0 Å². The van der Waals surface area contributed by atoms with Gasteiger partial charge in [0.2, 0.25) is 0 Å². The van der Waals surface area contributed by atoms with E-state index in [1.54, 1.807) is 7.11 Å². The normalized spacial score (nSPS) is 23.2. The largest absolute Gasteiger partial charge is 0.497 e. The minimum atomic E-state index is -0.916. The van der Waals surface area contributed by atoms with Crippen molar-refractivity contribution in [2.24, 2.45) is 7.05 Å². The highest BCUT2D eigenvalue weighted by atomic mass is 16.5. The van der Waals surface area contributed by atoms with Crippen molar-refractivity contribution >= 4 is 0 Å². The Bertz CT molecular complexity index is 765. The van der Waals surface area contributed by atoms with Crippen molar-refractivity contribution in [1.29, 1.82) is 0 Å². The Morgan fingerprint density at radius 2 is 1.92 bits per heavy atom. The monoisotopic (exact) mass is 356 g/mol. The molecule has 26 heavy (non-hydrogen) atoms. The van der Waals surface area contributed by atoms with Gasteiger partial charge in [-0.1, -0.05) is 12.1 Å². The zero-order valence-electron chi connectivity index (χ0n) is 15.9. The van der Waals surface area contributed by atoms with Gasteiger partial charge < -0.3 is 14.4 Å². The Labute approximate surface area is 154 Å². The molecular weight excluding hydrogens is 328 g/mol. The van der Waals surface area contributed by atoms with E-state index in [1.807, 2.05) is 31.2 Å². The van der Waals surface area contributed by atoms with Gasteiger partial charge in [-0.25, -0.2) is 0 Å². The first-order valence-corrected chi connectivity index (χ1v) is 9.50. The number of rotatable bonds is 6. The van der Waals surface area contributed by atoms with E-state index in [0.717, 1.165) is 48.9 Å². The second-order valence-corrected chi connectivity index (χ2v) is 7.81. The minimum absolute atomic E-state index is 0.0666. The highest BCUT2D eigenvalue weighted by molar-refractivity contribution is 5.31. The van der Waals surface area contributed by atoms with Crippen LogP contribution in [-0.4, -0.2) is 44.5 Å². The Morgan fingerprint density at radius 1 is 1.19 bits per heavy atom. The van der Waals surface area contributed by atoms with Crippen molar-refractivity contribution in [2.75, 3.05) is 13.7 Å². The van der Waals surface area contributed by atoms with E-state index >= 15 is 0 Å². The summed E-state index contributed by atoms with van der Waals surface area (Å²) in [4.78, 5) is 2.35. The Balaban J connectivity index is 1.53. The van der Waals surface area contributed by atoms with Crippen molar-refractivity contribution in [2.45, 2.75) is 56.7 Å². The third kappa shape index (κ3) is 3.12. The maximum absolute atomic E-state index is 11.3. The van der Waals surface area contributed by atoms with Crippen LogP contribution in [0.1, 0.15) is 55.7 Å². The van der Waals surface area contributed by atoms with Crippen LogP contribution in [0, 0.1) is 0 Å². The highest BCUT2D eigenvalue weighted by Gasteiger charge is 2.41. The van der Waals surface area contributed by atoms with Gasteiger partial charge in [0.25, 0.3) is 0 Å². The summed E-state index contributed by atoms with van der Waals surface area (Å²) >= 11 is 0. The molecule has 0 spiro atoms. The number of aliphatic hydroxyl groups is 1. The van der Waals surface area contributed by atoms with Crippen LogP contribution in [0.25, 0.3) is 0 Å². The van der Waals surface area contributed by atoms with Gasteiger partial charge in [-0.2, -0.15) is 0 Å². The van der Waals surface area contributed by atoms with E-state index in [9.17, 15) is 5.11 Å². The van der Waals surface area contributed by atoms with E-state index in [2.05, 4.69) is 26.7 Å². The second-order valence-electron chi connectivity index (χ2n) is 7.81. The van der Waals surface area contributed by atoms with E-state index in [4.69, 9.17) is 4.74 Å². The number of methoxy groups -OCH3 is 1. The average Bonchev–Trinajstić information content (AvgIpc) is 3.26. The number of likely N-dealkylation sites (tertiary alicyclic amines) is 1. The molecule has 140 valence electrons. The predicted molar refractivity (Wildman–Crippen MR) is 99.0 cm³/mol. The molecular formula is C20H28N4O2. The zero-order valence-corrected chi connectivity index (χ0v) is 15.9. The molecule has 1 aromatic carbocycles. The molecule has 6 nitrogen and oxygen atoms in total. The number of aromatic nitrogens is 3. The molecule has 0 radical (unpaired) electrons. The molecule has 6 heteroatoms. The van der Waals surface area contributed by atoms with E-state index in [0.29, 0.717) is 5.92 Å². The Morgan fingerprint density at radius 3 is 2.58 bits per heavy atom. The molecule has 0 unspecified atom stereocenters. The molecule has 2 fully saturated rings. The Hall–Kier alpha value is -1.92. The van der Waals surface area contributed by atoms with Crippen LogP contribution in [0.15, 0.2) is 24.3 Å². The van der Waals surface area contributed by atoms with Gasteiger partial charge in [0, 0.05) is 19.0 Å². The van der Waals surface area contributed by atoms with E-state index < -0.39 is 5.60 Å². The van der Waals surface area contributed by atoms with Crippen molar-refractivity contribution in [3.63, 3.8) is 0 Å². The van der Waals surface area contributed by atoms with Gasteiger partial charge in [0.15, 0.2) is 0 Å². The molecule has 4 rings (SSSR count). The van der Waals surface area contributed by atoms with Crippen LogP contribution in [0.2, 0.25) is 0 Å². The zero-order chi connectivity index (χ0) is 18.3. The molecule has 1 saturated heterocycles. The summed E-state index contributed by atoms with van der Waals surface area (Å²) in [6, 6.07) is 7.81. The highest BCUT2D eigenvalue weighted by Crippen LogP contribution is 2.39. The molecule has 2 heterocycles. The smallest absolute Gasteiger partial charge is 0.146 e. The summed E-state index contributed by atoms with van der Waals surface area (Å²) in [5, 5.41) is 20.2. The molecule has 2 atom stereocenters. The topological polar surface area (TPSA) is 63.4 Å². The first-order chi connectivity index (χ1) is 12.5. The fourth-order valence-electron chi connectivity index (χ4n) is 4.16. The quantitative estimate of drug-likeness (QED) is 0.862. The lowest BCUT2D eigenvalue weighted by molar-refractivity contribution is -0.0263. The van der Waals surface area contributed by atoms with Crippen LogP contribution in [-0.2, 0) is 19.2 Å². The number of nitrogens with zero attached hydrogens (tertiary/aromatic N) is 4. The maximum Gasteiger partial charge on any atom is 0.146 e. The summed E-state index contributed by atoms with van der Waals surface area (Å²) in [5.41, 5.74) is 0.00701. The van der Waals surface area contributed by atoms with Gasteiger partial charge in [-0.15, -0.1) is 10.2 Å². The minimum Gasteiger partial charge on any atom is -0.497 e. The van der Waals surface area contributed by atoms with Crippen LogP contribution < -0.4 is 4.74 Å². The summed E-state index contributed by atoms with van der Waals surface area (Å²) < 4.78 is 7.39. The van der Waals surface area contributed by atoms with Crippen molar-refractivity contribution < 1.29 is 9.84 Å². The van der Waals surface area contributed by atoms with Gasteiger partial charge >= 0.3 is 0 Å². The van der Waals surface area contributed by atoms with E-state index in [-0.39, 0.29) is 6.04 Å². The average molecular weight is 356 g/mol. The molecule has 2 aliphatic rings. The SMILES string of the molecule is COc1ccc([C@](C)(O)[C@H]2CCCN2Cc2nnc(C3CC3)n2C)cc1. The summed E-state index contributed by atoms with van der Waals surface area (Å²) in [5.74, 6) is 3.50. The number of ether oxygens (including phenoxy) is 1. The van der Waals surface area contributed by atoms with Crippen molar-refractivity contribution in [3.05, 3.63) is 41.5 Å². The summed E-state index contributed by atoms with van der Waals surface area (Å²) in [7, 11) is 3.72. The molecule has 1 aliphatic carbocycles. The molecule has 0 bridgehead atoms. The molecule has 0 amide bonds. The van der Waals surface area contributed by atoms with Gasteiger partial charge in [0.1, 0.15) is 23.0 Å². The molecule has 1 saturated carbocycles. The maximum atomic E-state index is 11.3. The summed E-state index contributed by atoms with van der Waals surface area (Å²) in [6.45, 7) is 3.62. The molecule has 1 N–H and O–H groups in total. The number of hydrogen-bond donors (Lipinski definition) is 1. The van der Waals surface area contributed by atoms with Crippen LogP contribution >= 0.6 is 0 Å². The van der Waals surface area contributed by atoms with Gasteiger partial charge in [-0.3, -0.25) is 4.90 Å². The summed E-state index contributed by atoms with van der Waals surface area (Å²) in [6.07, 6.45) is 4.52. The number of hydrogen-bond acceptors (Lipinski definition) is 5. The van der Waals surface area contributed by atoms with Gasteiger partial charge in [0.05, 0.1) is 13.7 Å². The fraction of sp³-hybridized carbons (Fsp3) is 0.600.